The normalized spacial score (nSPS) is 23.1. The quantitative estimate of drug-likeness (QED) is 0.354. The third kappa shape index (κ3) is 6.08. The Labute approximate surface area is 237 Å². The van der Waals surface area contributed by atoms with Crippen LogP contribution in [-0.2, 0) is 23.2 Å². The van der Waals surface area contributed by atoms with Gasteiger partial charge in [-0.05, 0) is 63.4 Å². The second-order valence-electron chi connectivity index (χ2n) is 12.6. The lowest BCUT2D eigenvalue weighted by atomic mass is 9.87. The van der Waals surface area contributed by atoms with E-state index in [1.165, 1.54) is 22.4 Å². The van der Waals surface area contributed by atoms with Crippen molar-refractivity contribution in [2.75, 3.05) is 50.8 Å². The van der Waals surface area contributed by atoms with Crippen LogP contribution in [0.3, 0.4) is 0 Å². The van der Waals surface area contributed by atoms with E-state index in [0.717, 1.165) is 57.4 Å². The second-order valence-corrected chi connectivity index (χ2v) is 13.5. The van der Waals surface area contributed by atoms with E-state index in [1.807, 2.05) is 17.5 Å². The lowest BCUT2D eigenvalue weighted by Gasteiger charge is -2.29. The highest BCUT2D eigenvalue weighted by Gasteiger charge is 2.55. The van der Waals surface area contributed by atoms with Crippen molar-refractivity contribution in [2.24, 2.45) is 17.8 Å². The van der Waals surface area contributed by atoms with Crippen LogP contribution in [0.25, 0.3) is 0 Å². The van der Waals surface area contributed by atoms with E-state index in [1.54, 1.807) is 11.3 Å². The molecule has 2 aromatic carbocycles. The zero-order valence-corrected chi connectivity index (χ0v) is 24.3. The summed E-state index contributed by atoms with van der Waals surface area (Å²) in [5, 5.41) is 2.00. The van der Waals surface area contributed by atoms with Crippen LogP contribution in [0.15, 0.2) is 66.0 Å². The van der Waals surface area contributed by atoms with Gasteiger partial charge in [-0.25, -0.2) is 0 Å². The highest BCUT2D eigenvalue weighted by molar-refractivity contribution is 7.12. The van der Waals surface area contributed by atoms with Gasteiger partial charge in [0.05, 0.1) is 18.1 Å². The minimum atomic E-state index is 0.169. The van der Waals surface area contributed by atoms with Crippen LogP contribution in [0.2, 0.25) is 0 Å². The Morgan fingerprint density at radius 1 is 0.949 bits per heavy atom. The first-order chi connectivity index (χ1) is 18.8. The van der Waals surface area contributed by atoms with Crippen molar-refractivity contribution in [1.29, 1.82) is 0 Å². The van der Waals surface area contributed by atoms with Crippen LogP contribution in [0.1, 0.15) is 47.1 Å². The summed E-state index contributed by atoms with van der Waals surface area (Å²) in [6.45, 7) is 15.1. The van der Waals surface area contributed by atoms with E-state index in [2.05, 4.69) is 84.0 Å². The molecule has 2 unspecified atom stereocenters. The van der Waals surface area contributed by atoms with Crippen molar-refractivity contribution in [3.63, 3.8) is 0 Å². The predicted molar refractivity (Wildman–Crippen MR) is 159 cm³/mol. The number of likely N-dealkylation sites (tertiary alicyclic amines) is 1. The van der Waals surface area contributed by atoms with E-state index in [0.29, 0.717) is 24.3 Å². The number of carbonyl (C=O) groups is 1. The number of nitrogens with zero attached hydrogens (tertiary/aromatic N) is 3. The molecule has 1 aliphatic carbocycles. The summed E-state index contributed by atoms with van der Waals surface area (Å²) in [5.41, 5.74) is 5.42. The minimum Gasteiger partial charge on any atom is -0.378 e. The zero-order valence-electron chi connectivity index (χ0n) is 23.5. The van der Waals surface area contributed by atoms with Gasteiger partial charge in [-0.1, -0.05) is 63.2 Å². The first-order valence-electron chi connectivity index (χ1n) is 14.4. The molecule has 1 aromatic heterocycles. The molecule has 6 rings (SSSR count). The summed E-state index contributed by atoms with van der Waals surface area (Å²) in [4.78, 5) is 21.4. The first kappa shape index (κ1) is 26.5. The largest absolute Gasteiger partial charge is 0.378 e. The van der Waals surface area contributed by atoms with Gasteiger partial charge in [-0.15, -0.1) is 11.3 Å². The Bertz CT molecular complexity index is 1230. The molecule has 1 amide bonds. The van der Waals surface area contributed by atoms with Crippen LogP contribution in [0.4, 0.5) is 5.69 Å². The molecule has 3 fully saturated rings. The molecule has 3 aromatic rings. The summed E-state index contributed by atoms with van der Waals surface area (Å²) < 4.78 is 5.50. The van der Waals surface area contributed by atoms with Gasteiger partial charge in [-0.3, -0.25) is 9.69 Å². The number of morpholine rings is 1. The molecule has 5 nitrogen and oxygen atoms in total. The number of amides is 1. The molecule has 206 valence electrons. The number of carbonyl (C=O) groups excluding carboxylic acids is 1. The fourth-order valence-corrected chi connectivity index (χ4v) is 7.08. The summed E-state index contributed by atoms with van der Waals surface area (Å²) in [6.07, 6.45) is 0. The average molecular weight is 544 g/mol. The van der Waals surface area contributed by atoms with E-state index >= 15 is 0 Å². The van der Waals surface area contributed by atoms with Crippen LogP contribution in [-0.4, -0.2) is 61.6 Å². The number of piperidine rings is 1. The van der Waals surface area contributed by atoms with E-state index in [-0.39, 0.29) is 11.3 Å². The van der Waals surface area contributed by atoms with Gasteiger partial charge in [0.15, 0.2) is 0 Å². The van der Waals surface area contributed by atoms with Crippen molar-refractivity contribution in [3.05, 3.63) is 87.6 Å². The number of hydrogen-bond acceptors (Lipinski definition) is 5. The number of ether oxygens (including phenoxy) is 1. The monoisotopic (exact) mass is 543 g/mol. The number of rotatable bonds is 8. The lowest BCUT2D eigenvalue weighted by molar-refractivity contribution is 0.0729. The number of benzene rings is 2. The average Bonchev–Trinajstić information content (AvgIpc) is 3.31. The van der Waals surface area contributed by atoms with E-state index < -0.39 is 0 Å². The topological polar surface area (TPSA) is 36.0 Å². The molecule has 2 atom stereocenters. The van der Waals surface area contributed by atoms with E-state index in [4.69, 9.17) is 4.74 Å². The van der Waals surface area contributed by atoms with Crippen LogP contribution in [0.5, 0.6) is 0 Å². The Balaban J connectivity index is 1.07. The summed E-state index contributed by atoms with van der Waals surface area (Å²) >= 11 is 1.55. The summed E-state index contributed by atoms with van der Waals surface area (Å²) in [7, 11) is 0. The number of hydrogen-bond donors (Lipinski definition) is 0. The maximum absolute atomic E-state index is 13.5. The Hall–Kier alpha value is -2.67. The maximum atomic E-state index is 13.5. The van der Waals surface area contributed by atoms with Crippen LogP contribution >= 0.6 is 11.3 Å². The van der Waals surface area contributed by atoms with Gasteiger partial charge in [0, 0.05) is 51.5 Å². The zero-order chi connectivity index (χ0) is 27.0. The molecule has 0 bridgehead atoms. The number of thiophene rings is 1. The summed E-state index contributed by atoms with van der Waals surface area (Å²) in [6, 6.07) is 21.9. The van der Waals surface area contributed by atoms with Gasteiger partial charge in [0.25, 0.3) is 5.91 Å². The minimum absolute atomic E-state index is 0.169. The standard InChI is InChI=1S/C33H41N3O2S/c1-33(2,3)26-10-6-24(7-11-26)19-34-21-28-29(22-34)30(28)23-36(32(37)31-5-4-18-39-31)20-25-8-12-27(13-9-25)35-14-16-38-17-15-35/h4-13,18,28-30H,14-17,19-23H2,1-3H3. The van der Waals surface area contributed by atoms with Gasteiger partial charge in [0.2, 0.25) is 0 Å². The van der Waals surface area contributed by atoms with Gasteiger partial charge < -0.3 is 14.5 Å². The van der Waals surface area contributed by atoms with Gasteiger partial charge in [0.1, 0.15) is 0 Å². The first-order valence-corrected chi connectivity index (χ1v) is 15.3. The molecule has 2 saturated heterocycles. The van der Waals surface area contributed by atoms with E-state index in [9.17, 15) is 4.79 Å². The molecular formula is C33H41N3O2S. The molecule has 0 radical (unpaired) electrons. The molecule has 3 aliphatic rings. The molecular weight excluding hydrogens is 502 g/mol. The molecule has 1 saturated carbocycles. The van der Waals surface area contributed by atoms with Crippen molar-refractivity contribution in [2.45, 2.75) is 39.3 Å². The van der Waals surface area contributed by atoms with Crippen LogP contribution < -0.4 is 4.90 Å². The molecule has 0 N–H and O–H groups in total. The van der Waals surface area contributed by atoms with Gasteiger partial charge >= 0.3 is 0 Å². The van der Waals surface area contributed by atoms with Crippen LogP contribution in [0, 0.1) is 17.8 Å². The van der Waals surface area contributed by atoms with Crippen molar-refractivity contribution >= 4 is 22.9 Å². The highest BCUT2D eigenvalue weighted by atomic mass is 32.1. The lowest BCUT2D eigenvalue weighted by Crippen LogP contribution is -2.36. The molecule has 0 spiro atoms. The molecule has 39 heavy (non-hydrogen) atoms. The molecule has 2 aliphatic heterocycles. The smallest absolute Gasteiger partial charge is 0.264 e. The molecule has 3 heterocycles. The maximum Gasteiger partial charge on any atom is 0.264 e. The van der Waals surface area contributed by atoms with Crippen molar-refractivity contribution in [1.82, 2.24) is 9.80 Å². The third-order valence-electron chi connectivity index (χ3n) is 8.81. The fraction of sp³-hybridized carbons (Fsp3) is 0.485. The predicted octanol–water partition coefficient (Wildman–Crippen LogP) is 5.90. The SMILES string of the molecule is CC(C)(C)c1ccc(CN2CC3C(C2)C3CN(Cc2ccc(N3CCOCC3)cc2)C(=O)c2cccs2)cc1. The summed E-state index contributed by atoms with van der Waals surface area (Å²) in [5.74, 6) is 2.20. The second kappa shape index (κ2) is 11.1. The number of fused-ring (bicyclic) bond motifs is 1. The van der Waals surface area contributed by atoms with Crippen molar-refractivity contribution in [3.8, 4) is 0 Å². The Morgan fingerprint density at radius 3 is 2.23 bits per heavy atom. The highest BCUT2D eigenvalue weighted by Crippen LogP contribution is 2.52. The Kier molecular flexibility index (Phi) is 7.54. The third-order valence-corrected chi connectivity index (χ3v) is 9.67. The van der Waals surface area contributed by atoms with Gasteiger partial charge in [-0.2, -0.15) is 0 Å². The van der Waals surface area contributed by atoms with Crippen molar-refractivity contribution < 1.29 is 9.53 Å². The number of anilines is 1. The Morgan fingerprint density at radius 2 is 1.62 bits per heavy atom. The fourth-order valence-electron chi connectivity index (χ4n) is 6.39. The molecule has 6 heteroatoms.